The van der Waals surface area contributed by atoms with Crippen molar-refractivity contribution < 1.29 is 14.7 Å². The molecular formula is C18H20N4O3. The highest BCUT2D eigenvalue weighted by Crippen LogP contribution is 2.33. The maximum Gasteiger partial charge on any atom is 0.326 e. The molecule has 1 N–H and O–H groups in total. The Kier molecular flexibility index (Phi) is 3.99. The number of carbonyl (C=O) groups is 2. The smallest absolute Gasteiger partial charge is 0.326 e. The van der Waals surface area contributed by atoms with Crippen LogP contribution in [0.2, 0.25) is 0 Å². The van der Waals surface area contributed by atoms with Gasteiger partial charge in [-0.05, 0) is 31.4 Å². The van der Waals surface area contributed by atoms with Crippen molar-refractivity contribution in [2.45, 2.75) is 37.6 Å². The maximum atomic E-state index is 12.7. The molecule has 7 nitrogen and oxygen atoms in total. The minimum Gasteiger partial charge on any atom is -0.480 e. The van der Waals surface area contributed by atoms with E-state index in [0.29, 0.717) is 37.3 Å². The first-order valence-electron chi connectivity index (χ1n) is 8.66. The number of aromatic nitrogens is 3. The van der Waals surface area contributed by atoms with Gasteiger partial charge in [0.05, 0.1) is 0 Å². The third kappa shape index (κ3) is 2.79. The number of piperidine rings is 1. The van der Waals surface area contributed by atoms with E-state index in [-0.39, 0.29) is 11.8 Å². The molecule has 3 heterocycles. The molecule has 4 rings (SSSR count). The molecule has 25 heavy (non-hydrogen) atoms. The average molecular weight is 340 g/mol. The van der Waals surface area contributed by atoms with Crippen LogP contribution in [0.25, 0.3) is 0 Å². The first-order valence-corrected chi connectivity index (χ1v) is 8.66. The van der Waals surface area contributed by atoms with E-state index in [4.69, 9.17) is 0 Å². The molecule has 0 bridgehead atoms. The average Bonchev–Trinajstić information content (AvgIpc) is 3.23. The van der Waals surface area contributed by atoms with E-state index in [0.717, 1.165) is 18.7 Å². The topological polar surface area (TPSA) is 88.3 Å². The number of rotatable bonds is 3. The number of carboxylic acids is 1. The summed E-state index contributed by atoms with van der Waals surface area (Å²) in [5.41, 5.74) is 0.679. The van der Waals surface area contributed by atoms with Crippen LogP contribution >= 0.6 is 0 Å². The van der Waals surface area contributed by atoms with Crippen molar-refractivity contribution in [1.82, 2.24) is 19.7 Å². The minimum atomic E-state index is -0.840. The Morgan fingerprint density at radius 2 is 1.92 bits per heavy atom. The molecule has 1 aromatic heterocycles. The van der Waals surface area contributed by atoms with Crippen molar-refractivity contribution in [3.05, 3.63) is 47.5 Å². The van der Waals surface area contributed by atoms with E-state index in [9.17, 15) is 14.7 Å². The second-order valence-electron chi connectivity index (χ2n) is 6.69. The molecule has 1 aromatic carbocycles. The second-order valence-corrected chi connectivity index (χ2v) is 6.69. The molecule has 0 saturated carbocycles. The molecule has 130 valence electrons. The van der Waals surface area contributed by atoms with Gasteiger partial charge in [-0.3, -0.25) is 4.79 Å². The van der Waals surface area contributed by atoms with Crippen LogP contribution < -0.4 is 0 Å². The van der Waals surface area contributed by atoms with Crippen LogP contribution in [0.15, 0.2) is 30.3 Å². The Balaban J connectivity index is 1.57. The zero-order chi connectivity index (χ0) is 17.4. The van der Waals surface area contributed by atoms with Crippen LogP contribution in [0, 0.1) is 0 Å². The number of aliphatic carboxylic acids is 1. The molecule has 2 atom stereocenters. The summed E-state index contributed by atoms with van der Waals surface area (Å²) in [7, 11) is 0. The fourth-order valence-electron chi connectivity index (χ4n) is 3.89. The van der Waals surface area contributed by atoms with Gasteiger partial charge in [0.1, 0.15) is 17.7 Å². The van der Waals surface area contributed by atoms with Gasteiger partial charge < -0.3 is 14.6 Å². The molecule has 2 aromatic rings. The third-order valence-electron chi connectivity index (χ3n) is 5.13. The number of nitrogens with zero attached hydrogens (tertiary/aromatic N) is 4. The lowest BCUT2D eigenvalue weighted by atomic mass is 9.96. The summed E-state index contributed by atoms with van der Waals surface area (Å²) in [5, 5.41) is 17.9. The van der Waals surface area contributed by atoms with E-state index in [1.54, 1.807) is 4.57 Å². The fraction of sp³-hybridized carbons (Fsp3) is 0.444. The number of benzene rings is 1. The Labute approximate surface area is 145 Å². The zero-order valence-electron chi connectivity index (χ0n) is 13.8. The fourth-order valence-corrected chi connectivity index (χ4v) is 3.89. The van der Waals surface area contributed by atoms with E-state index in [1.807, 2.05) is 35.2 Å². The van der Waals surface area contributed by atoms with Gasteiger partial charge in [-0.2, -0.15) is 0 Å². The van der Waals surface area contributed by atoms with Crippen molar-refractivity contribution in [3.8, 4) is 0 Å². The number of carboxylic acid groups (broad SMARTS) is 1. The summed E-state index contributed by atoms with van der Waals surface area (Å²) in [4.78, 5) is 26.1. The predicted octanol–water partition coefficient (Wildman–Crippen LogP) is 1.87. The van der Waals surface area contributed by atoms with Crippen LogP contribution in [-0.4, -0.2) is 49.7 Å². The molecular weight excluding hydrogens is 320 g/mol. The molecule has 1 amide bonds. The van der Waals surface area contributed by atoms with Crippen molar-refractivity contribution in [2.75, 3.05) is 13.1 Å². The van der Waals surface area contributed by atoms with E-state index >= 15 is 0 Å². The van der Waals surface area contributed by atoms with Gasteiger partial charge in [0.15, 0.2) is 0 Å². The monoisotopic (exact) mass is 340 g/mol. The molecule has 2 unspecified atom stereocenters. The normalized spacial score (nSPS) is 22.6. The van der Waals surface area contributed by atoms with Gasteiger partial charge in [-0.25, -0.2) is 4.79 Å². The van der Waals surface area contributed by atoms with Gasteiger partial charge >= 0.3 is 5.97 Å². The van der Waals surface area contributed by atoms with Crippen molar-refractivity contribution in [1.29, 1.82) is 0 Å². The molecule has 0 spiro atoms. The first kappa shape index (κ1) is 15.8. The largest absolute Gasteiger partial charge is 0.480 e. The number of carbonyl (C=O) groups excluding carboxylic acids is 1. The molecule has 7 heteroatoms. The quantitative estimate of drug-likeness (QED) is 0.921. The Morgan fingerprint density at radius 3 is 2.68 bits per heavy atom. The zero-order valence-corrected chi connectivity index (χ0v) is 13.8. The first-order chi connectivity index (χ1) is 12.1. The molecule has 2 aliphatic heterocycles. The van der Waals surface area contributed by atoms with Gasteiger partial charge in [-0.1, -0.05) is 18.2 Å². The number of aryl methyl sites for hydroxylation is 1. The molecule has 0 radical (unpaired) electrons. The predicted molar refractivity (Wildman–Crippen MR) is 89.3 cm³/mol. The lowest BCUT2D eigenvalue weighted by Gasteiger charge is -2.32. The number of hydrogen-bond donors (Lipinski definition) is 1. The molecule has 2 aliphatic rings. The van der Waals surface area contributed by atoms with Gasteiger partial charge in [0.25, 0.3) is 5.91 Å². The van der Waals surface area contributed by atoms with Crippen LogP contribution in [0.1, 0.15) is 53.2 Å². The van der Waals surface area contributed by atoms with Crippen LogP contribution in [0.3, 0.4) is 0 Å². The van der Waals surface area contributed by atoms with Crippen molar-refractivity contribution in [2.24, 2.45) is 0 Å². The molecule has 0 aliphatic carbocycles. The summed E-state index contributed by atoms with van der Waals surface area (Å²) in [6.07, 6.45) is 2.97. The Hall–Kier alpha value is -2.70. The van der Waals surface area contributed by atoms with Crippen LogP contribution in [-0.2, 0) is 11.2 Å². The number of hydrogen-bond acceptors (Lipinski definition) is 4. The van der Waals surface area contributed by atoms with Gasteiger partial charge in [0.2, 0.25) is 0 Å². The third-order valence-corrected chi connectivity index (χ3v) is 5.13. The van der Waals surface area contributed by atoms with E-state index < -0.39 is 12.0 Å². The Bertz CT molecular complexity index is 802. The van der Waals surface area contributed by atoms with Crippen molar-refractivity contribution >= 4 is 11.9 Å². The summed E-state index contributed by atoms with van der Waals surface area (Å²) in [6, 6.07) is 8.67. The van der Waals surface area contributed by atoms with E-state index in [2.05, 4.69) is 10.2 Å². The van der Waals surface area contributed by atoms with E-state index in [1.165, 1.54) is 0 Å². The standard InChI is InChI=1S/C18H20N4O3/c23-17(12-5-2-1-3-6-12)21-10-4-7-13(11-21)16-20-19-15-9-8-14(18(24)25)22(15)16/h1-3,5-6,13-14H,4,7-11H2,(H,24,25). The highest BCUT2D eigenvalue weighted by molar-refractivity contribution is 5.94. The summed E-state index contributed by atoms with van der Waals surface area (Å²) < 4.78 is 1.78. The summed E-state index contributed by atoms with van der Waals surface area (Å²) in [6.45, 7) is 1.27. The second kappa shape index (κ2) is 6.31. The van der Waals surface area contributed by atoms with Gasteiger partial charge in [0, 0.05) is 31.0 Å². The highest BCUT2D eigenvalue weighted by atomic mass is 16.4. The highest BCUT2D eigenvalue weighted by Gasteiger charge is 2.36. The van der Waals surface area contributed by atoms with Crippen LogP contribution in [0.4, 0.5) is 0 Å². The number of amides is 1. The SMILES string of the molecule is O=C(O)C1CCc2nnc(C3CCCN(C(=O)c4ccccc4)C3)n21. The minimum absolute atomic E-state index is 0.0150. The lowest BCUT2D eigenvalue weighted by molar-refractivity contribution is -0.140. The summed E-state index contributed by atoms with van der Waals surface area (Å²) >= 11 is 0. The lowest BCUT2D eigenvalue weighted by Crippen LogP contribution is -2.40. The van der Waals surface area contributed by atoms with Crippen molar-refractivity contribution in [3.63, 3.8) is 0 Å². The molecule has 1 saturated heterocycles. The molecule has 1 fully saturated rings. The summed E-state index contributed by atoms with van der Waals surface area (Å²) in [5.74, 6) is 0.663. The number of likely N-dealkylation sites (tertiary alicyclic amines) is 1. The Morgan fingerprint density at radius 1 is 1.12 bits per heavy atom. The van der Waals surface area contributed by atoms with Gasteiger partial charge in [-0.15, -0.1) is 10.2 Å². The maximum absolute atomic E-state index is 12.7. The van der Waals surface area contributed by atoms with Crippen LogP contribution in [0.5, 0.6) is 0 Å². The number of fused-ring (bicyclic) bond motifs is 1.